The minimum atomic E-state index is -4.84. The van der Waals surface area contributed by atoms with Crippen molar-refractivity contribution in [1.82, 2.24) is 20.1 Å². The summed E-state index contributed by atoms with van der Waals surface area (Å²) in [5.41, 5.74) is -3.52. The number of nitrogens with one attached hydrogen (secondary N) is 2. The van der Waals surface area contributed by atoms with Gasteiger partial charge in [0, 0.05) is 36.0 Å². The minimum absolute atomic E-state index is 0.0329. The number of anilines is 2. The van der Waals surface area contributed by atoms with Crippen molar-refractivity contribution < 1.29 is 54.9 Å². The molecule has 0 spiro atoms. The molecule has 2 aromatic carbocycles. The molecule has 350 valence electrons. The molecule has 1 aliphatic carbocycles. The topological polar surface area (TPSA) is 180 Å². The Hall–Kier alpha value is -5.59. The van der Waals surface area contributed by atoms with Gasteiger partial charge in [0.05, 0.1) is 23.2 Å². The third-order valence-corrected chi connectivity index (χ3v) is 11.1. The highest BCUT2D eigenvalue weighted by Crippen LogP contribution is 2.44. The molecule has 0 bridgehead atoms. The number of ether oxygens (including phenoxy) is 4. The van der Waals surface area contributed by atoms with E-state index in [0.29, 0.717) is 60.2 Å². The number of rotatable bonds is 11. The maximum Gasteiger partial charge on any atom is 0.425 e. The molecule has 2 N–H and O–H groups in total. The second-order valence-corrected chi connectivity index (χ2v) is 20.6. The van der Waals surface area contributed by atoms with Crippen molar-refractivity contribution in [3.63, 3.8) is 0 Å². The fourth-order valence-electron chi connectivity index (χ4n) is 7.10. The van der Waals surface area contributed by atoms with Crippen LogP contribution in [0.2, 0.25) is 0 Å². The van der Waals surface area contributed by atoms with Crippen molar-refractivity contribution in [2.24, 2.45) is 0 Å². The number of fused-ring (bicyclic) bond motifs is 1. The Kier molecular flexibility index (Phi) is 14.6. The molecule has 3 amide bonds. The molecule has 2 aromatic heterocycles. The minimum Gasteiger partial charge on any atom is -0.494 e. The van der Waals surface area contributed by atoms with Gasteiger partial charge in [-0.25, -0.2) is 41.0 Å². The van der Waals surface area contributed by atoms with Crippen LogP contribution < -0.4 is 19.7 Å². The van der Waals surface area contributed by atoms with Gasteiger partial charge in [0.1, 0.15) is 50.6 Å². The van der Waals surface area contributed by atoms with Crippen LogP contribution in [0.1, 0.15) is 133 Å². The summed E-state index contributed by atoms with van der Waals surface area (Å²) >= 11 is 0. The number of benzene rings is 2. The van der Waals surface area contributed by atoms with Gasteiger partial charge in [0.2, 0.25) is 0 Å². The second-order valence-electron chi connectivity index (χ2n) is 19.0. The van der Waals surface area contributed by atoms with Crippen LogP contribution in [0.4, 0.5) is 39.1 Å². The fraction of sp³-hybridized carbons (Fsp3) is 0.533. The number of nitrogens with zero attached hydrogens (tertiary/aromatic N) is 4. The number of halogens is 3. The normalized spacial score (nSPS) is 16.1. The largest absolute Gasteiger partial charge is 0.494 e. The van der Waals surface area contributed by atoms with Gasteiger partial charge >= 0.3 is 18.3 Å². The number of pyridine rings is 1. The van der Waals surface area contributed by atoms with Crippen LogP contribution >= 0.6 is 0 Å². The van der Waals surface area contributed by atoms with Crippen LogP contribution in [0.3, 0.4) is 0 Å². The number of hydrogen-bond donors (Lipinski definition) is 2. The molecular formula is C45H59F3N6O9S. The maximum absolute atomic E-state index is 16.7. The van der Waals surface area contributed by atoms with E-state index >= 15 is 8.78 Å². The SMILES string of the molecule is CCCOc1ccc(F)c(S(=O)(=O)Nc2cc(F)c(-c3nn(C(C)C)c4c(C5CCC(NC(=O)OC(C)(C)C)CC5)cnc(N(C(=O)OC(C)(C)C)C(=O)OC(C)(C)C)c34)cc2F)c1. The highest BCUT2D eigenvalue weighted by Gasteiger charge is 2.39. The van der Waals surface area contributed by atoms with Crippen molar-refractivity contribution in [3.05, 3.63) is 59.5 Å². The van der Waals surface area contributed by atoms with Crippen molar-refractivity contribution >= 4 is 50.7 Å². The summed E-state index contributed by atoms with van der Waals surface area (Å²) in [5, 5.41) is 7.67. The molecule has 1 aliphatic rings. The lowest BCUT2D eigenvalue weighted by molar-refractivity contribution is 0.0425. The third kappa shape index (κ3) is 11.9. The van der Waals surface area contributed by atoms with Gasteiger partial charge in [-0.05, 0) is 138 Å². The first kappa shape index (κ1) is 49.4. The first-order chi connectivity index (χ1) is 29.6. The van der Waals surface area contributed by atoms with Crippen molar-refractivity contribution in [1.29, 1.82) is 0 Å². The lowest BCUT2D eigenvalue weighted by Crippen LogP contribution is -2.44. The summed E-state index contributed by atoms with van der Waals surface area (Å²) in [7, 11) is -4.84. The van der Waals surface area contributed by atoms with E-state index in [1.165, 1.54) is 12.3 Å². The Labute approximate surface area is 372 Å². The summed E-state index contributed by atoms with van der Waals surface area (Å²) in [6.07, 6.45) is 1.40. The van der Waals surface area contributed by atoms with Crippen LogP contribution in [-0.2, 0) is 24.2 Å². The van der Waals surface area contributed by atoms with E-state index in [4.69, 9.17) is 24.0 Å². The van der Waals surface area contributed by atoms with Gasteiger partial charge in [-0.2, -0.15) is 10.00 Å². The summed E-state index contributed by atoms with van der Waals surface area (Å²) in [6.45, 7) is 20.6. The van der Waals surface area contributed by atoms with Crippen LogP contribution in [0, 0.1) is 17.5 Å². The van der Waals surface area contributed by atoms with E-state index in [1.807, 2.05) is 11.6 Å². The van der Waals surface area contributed by atoms with Gasteiger partial charge < -0.3 is 24.3 Å². The molecule has 15 nitrogen and oxygen atoms in total. The zero-order valence-electron chi connectivity index (χ0n) is 38.4. The highest BCUT2D eigenvalue weighted by molar-refractivity contribution is 7.92. The quantitative estimate of drug-likeness (QED) is 0.137. The molecule has 4 aromatic rings. The van der Waals surface area contributed by atoms with Crippen molar-refractivity contribution in [3.8, 4) is 17.0 Å². The van der Waals surface area contributed by atoms with Gasteiger partial charge in [-0.15, -0.1) is 0 Å². The summed E-state index contributed by atoms with van der Waals surface area (Å²) in [4.78, 5) is 45.2. The molecule has 19 heteroatoms. The molecule has 0 radical (unpaired) electrons. The number of carbonyl (C=O) groups excluding carboxylic acids is 3. The molecule has 0 atom stereocenters. The van der Waals surface area contributed by atoms with Gasteiger partial charge in [-0.3, -0.25) is 9.40 Å². The second kappa shape index (κ2) is 18.9. The predicted octanol–water partition coefficient (Wildman–Crippen LogP) is 10.9. The monoisotopic (exact) mass is 916 g/mol. The van der Waals surface area contributed by atoms with Crippen LogP contribution in [0.15, 0.2) is 41.4 Å². The van der Waals surface area contributed by atoms with Crippen molar-refractivity contribution in [2.45, 2.75) is 155 Å². The van der Waals surface area contributed by atoms with E-state index < -0.39 is 84.7 Å². The van der Waals surface area contributed by atoms with E-state index in [9.17, 15) is 27.2 Å². The highest BCUT2D eigenvalue weighted by atomic mass is 32.2. The van der Waals surface area contributed by atoms with Crippen LogP contribution in [0.5, 0.6) is 5.75 Å². The Morgan fingerprint density at radius 2 is 1.44 bits per heavy atom. The predicted molar refractivity (Wildman–Crippen MR) is 236 cm³/mol. The number of imide groups is 1. The van der Waals surface area contributed by atoms with E-state index in [0.717, 1.165) is 12.1 Å². The number of amides is 3. The van der Waals surface area contributed by atoms with Crippen LogP contribution in [-0.4, -0.2) is 70.9 Å². The van der Waals surface area contributed by atoms with E-state index in [2.05, 4.69) is 10.3 Å². The van der Waals surface area contributed by atoms with E-state index in [1.54, 1.807) is 80.8 Å². The molecule has 0 aliphatic heterocycles. The Morgan fingerprint density at radius 1 is 0.844 bits per heavy atom. The zero-order chi connectivity index (χ0) is 47.7. The lowest BCUT2D eigenvalue weighted by Gasteiger charge is -2.31. The smallest absolute Gasteiger partial charge is 0.425 e. The lowest BCUT2D eigenvalue weighted by atomic mass is 9.81. The van der Waals surface area contributed by atoms with Crippen molar-refractivity contribution in [2.75, 3.05) is 16.2 Å². The number of sulfonamides is 1. The Balaban J connectivity index is 1.70. The maximum atomic E-state index is 16.7. The Bertz CT molecular complexity index is 2470. The van der Waals surface area contributed by atoms with Crippen LogP contribution in [0.25, 0.3) is 22.2 Å². The van der Waals surface area contributed by atoms with Gasteiger partial charge in [0.25, 0.3) is 10.0 Å². The average Bonchev–Trinajstić information content (AvgIpc) is 3.55. The van der Waals surface area contributed by atoms with Gasteiger partial charge in [0.15, 0.2) is 5.82 Å². The molecule has 1 saturated carbocycles. The zero-order valence-corrected chi connectivity index (χ0v) is 39.3. The number of hydrogen-bond acceptors (Lipinski definition) is 11. The average molecular weight is 917 g/mol. The first-order valence-corrected chi connectivity index (χ1v) is 22.7. The molecule has 0 saturated heterocycles. The molecule has 64 heavy (non-hydrogen) atoms. The molecule has 5 rings (SSSR count). The number of aromatic nitrogens is 3. The summed E-state index contributed by atoms with van der Waals surface area (Å²) in [5.74, 6) is -4.09. The summed E-state index contributed by atoms with van der Waals surface area (Å²) < 4.78 is 101. The number of alkyl carbamates (subject to hydrolysis) is 1. The Morgan fingerprint density at radius 3 is 1.98 bits per heavy atom. The molecule has 2 heterocycles. The summed E-state index contributed by atoms with van der Waals surface area (Å²) in [6, 6.07) is 3.74. The fourth-order valence-corrected chi connectivity index (χ4v) is 8.25. The first-order valence-electron chi connectivity index (χ1n) is 21.2. The molecule has 1 fully saturated rings. The standard InChI is InChI=1S/C45H59F3N6O9S/c1-13-20-60-28-18-19-31(46)35(21-28)64(58,59)52-34-23-32(47)29(22-33(34)48)37-36-38(54(51-37)25(2)3)30(26-14-16-27(17-15-26)50-40(55)61-43(4,5)6)24-49-39(36)53(41(56)62-44(7,8)9)42(57)63-45(10,11)12/h18-19,21-27,52H,13-17,20H2,1-12H3,(H,50,55). The van der Waals surface area contributed by atoms with Gasteiger partial charge in [-0.1, -0.05) is 6.92 Å². The van der Waals surface area contributed by atoms with E-state index in [-0.39, 0.29) is 41.2 Å². The molecular weight excluding hydrogens is 858 g/mol. The number of carbonyl (C=O) groups is 3. The third-order valence-electron chi connectivity index (χ3n) is 9.70. The molecule has 0 unspecified atom stereocenters.